The van der Waals surface area contributed by atoms with Crippen molar-refractivity contribution >= 4 is 0 Å². The Morgan fingerprint density at radius 2 is 1.92 bits per heavy atom. The fourth-order valence-corrected chi connectivity index (χ4v) is 1.14. The van der Waals surface area contributed by atoms with E-state index < -0.39 is 0 Å². The molecule has 2 nitrogen and oxygen atoms in total. The number of hydrogen-bond donors (Lipinski definition) is 1. The zero-order valence-corrected chi connectivity index (χ0v) is 8.55. The molecule has 0 aromatic rings. The molecule has 0 rings (SSSR count). The van der Waals surface area contributed by atoms with E-state index in [1.54, 1.807) is 7.11 Å². The van der Waals surface area contributed by atoms with Gasteiger partial charge in [0.15, 0.2) is 0 Å². The molecule has 0 spiro atoms. The normalized spacial score (nSPS) is 16.0. The summed E-state index contributed by atoms with van der Waals surface area (Å²) in [5.41, 5.74) is 0. The molecule has 74 valence electrons. The summed E-state index contributed by atoms with van der Waals surface area (Å²) < 4.78 is 4.98. The van der Waals surface area contributed by atoms with E-state index in [2.05, 4.69) is 6.92 Å². The molecule has 0 aliphatic heterocycles. The van der Waals surface area contributed by atoms with Crippen LogP contribution in [-0.4, -0.2) is 24.9 Å². The van der Waals surface area contributed by atoms with Crippen LogP contribution in [-0.2, 0) is 4.74 Å². The summed E-state index contributed by atoms with van der Waals surface area (Å²) >= 11 is 0. The van der Waals surface area contributed by atoms with Crippen molar-refractivity contribution in [1.82, 2.24) is 0 Å². The second-order valence-corrected chi connectivity index (χ2v) is 3.53. The molecule has 0 aliphatic carbocycles. The van der Waals surface area contributed by atoms with Crippen molar-refractivity contribution in [2.75, 3.05) is 13.7 Å². The van der Waals surface area contributed by atoms with E-state index in [1.807, 2.05) is 6.92 Å². The van der Waals surface area contributed by atoms with Crippen LogP contribution in [0.15, 0.2) is 0 Å². The van der Waals surface area contributed by atoms with Crippen molar-refractivity contribution in [2.45, 2.75) is 45.6 Å². The lowest BCUT2D eigenvalue weighted by molar-refractivity contribution is 0.141. The van der Waals surface area contributed by atoms with Gasteiger partial charge in [-0.3, -0.25) is 0 Å². The van der Waals surface area contributed by atoms with Crippen molar-refractivity contribution in [3.8, 4) is 0 Å². The van der Waals surface area contributed by atoms with Crippen LogP contribution in [0, 0.1) is 5.92 Å². The smallest absolute Gasteiger partial charge is 0.0537 e. The minimum absolute atomic E-state index is 0.102. The Kier molecular flexibility index (Phi) is 7.51. The van der Waals surface area contributed by atoms with Crippen LogP contribution < -0.4 is 0 Å². The monoisotopic (exact) mass is 174 g/mol. The predicted octanol–water partition coefficient (Wildman–Crippen LogP) is 2.21. The van der Waals surface area contributed by atoms with Gasteiger partial charge in [0, 0.05) is 13.7 Å². The first kappa shape index (κ1) is 11.9. The maximum absolute atomic E-state index is 9.30. The summed E-state index contributed by atoms with van der Waals surface area (Å²) in [7, 11) is 1.73. The average Bonchev–Trinajstić information content (AvgIpc) is 2.10. The minimum atomic E-state index is -0.102. The highest BCUT2D eigenvalue weighted by atomic mass is 16.5. The van der Waals surface area contributed by atoms with Crippen LogP contribution in [0.25, 0.3) is 0 Å². The zero-order valence-electron chi connectivity index (χ0n) is 8.55. The van der Waals surface area contributed by atoms with Gasteiger partial charge >= 0.3 is 0 Å². The Morgan fingerprint density at radius 3 is 2.42 bits per heavy atom. The largest absolute Gasteiger partial charge is 0.393 e. The molecule has 0 bridgehead atoms. The maximum Gasteiger partial charge on any atom is 0.0537 e. The van der Waals surface area contributed by atoms with E-state index in [4.69, 9.17) is 4.74 Å². The summed E-state index contributed by atoms with van der Waals surface area (Å²) in [6.45, 7) is 5.06. The molecule has 0 amide bonds. The molecule has 1 N–H and O–H groups in total. The number of ether oxygens (including phenoxy) is 1. The van der Waals surface area contributed by atoms with Gasteiger partial charge in [0.1, 0.15) is 0 Å². The highest BCUT2D eigenvalue weighted by Gasteiger charge is 2.05. The fourth-order valence-electron chi connectivity index (χ4n) is 1.14. The number of hydrogen-bond acceptors (Lipinski definition) is 2. The lowest BCUT2D eigenvalue weighted by atomic mass is 9.99. The number of aliphatic hydroxyl groups is 1. The average molecular weight is 174 g/mol. The van der Waals surface area contributed by atoms with Crippen LogP contribution in [0.3, 0.4) is 0 Å². The standard InChI is InChI=1S/C10H22O2/c1-4-10(11)6-5-9(2)7-8-12-3/h9-11H,4-8H2,1-3H3. The Bertz CT molecular complexity index is 93.8. The van der Waals surface area contributed by atoms with Gasteiger partial charge in [-0.2, -0.15) is 0 Å². The Labute approximate surface area is 75.9 Å². The Morgan fingerprint density at radius 1 is 1.25 bits per heavy atom. The van der Waals surface area contributed by atoms with E-state index >= 15 is 0 Å². The third-order valence-corrected chi connectivity index (χ3v) is 2.28. The third-order valence-electron chi connectivity index (χ3n) is 2.28. The first-order valence-electron chi connectivity index (χ1n) is 4.87. The van der Waals surface area contributed by atoms with Crippen molar-refractivity contribution in [3.63, 3.8) is 0 Å². The first-order valence-corrected chi connectivity index (χ1v) is 4.87. The van der Waals surface area contributed by atoms with Gasteiger partial charge in [-0.15, -0.1) is 0 Å². The van der Waals surface area contributed by atoms with Crippen molar-refractivity contribution in [2.24, 2.45) is 5.92 Å². The van der Waals surface area contributed by atoms with Crippen LogP contribution in [0.1, 0.15) is 39.5 Å². The molecule has 0 fully saturated rings. The molecule has 2 atom stereocenters. The quantitative estimate of drug-likeness (QED) is 0.641. The zero-order chi connectivity index (χ0) is 9.40. The van der Waals surface area contributed by atoms with E-state index in [0.29, 0.717) is 5.92 Å². The highest BCUT2D eigenvalue weighted by Crippen LogP contribution is 2.12. The summed E-state index contributed by atoms with van der Waals surface area (Å²) in [4.78, 5) is 0. The molecule has 12 heavy (non-hydrogen) atoms. The summed E-state index contributed by atoms with van der Waals surface area (Å²) in [5.74, 6) is 0.672. The van der Waals surface area contributed by atoms with Crippen LogP contribution in [0.4, 0.5) is 0 Å². The lowest BCUT2D eigenvalue weighted by Gasteiger charge is -2.12. The molecule has 2 heteroatoms. The van der Waals surface area contributed by atoms with Crippen LogP contribution >= 0.6 is 0 Å². The van der Waals surface area contributed by atoms with Crippen LogP contribution in [0.5, 0.6) is 0 Å². The minimum Gasteiger partial charge on any atom is -0.393 e. The van der Waals surface area contributed by atoms with E-state index in [9.17, 15) is 5.11 Å². The van der Waals surface area contributed by atoms with Gasteiger partial charge in [0.25, 0.3) is 0 Å². The summed E-state index contributed by atoms with van der Waals surface area (Å²) in [5, 5.41) is 9.30. The molecule has 0 aromatic heterocycles. The number of rotatable bonds is 7. The van der Waals surface area contributed by atoms with E-state index in [-0.39, 0.29) is 6.10 Å². The molecule has 0 heterocycles. The van der Waals surface area contributed by atoms with Crippen LogP contribution in [0.2, 0.25) is 0 Å². The fraction of sp³-hybridized carbons (Fsp3) is 1.00. The SMILES string of the molecule is CCC(O)CCC(C)CCOC. The van der Waals surface area contributed by atoms with Gasteiger partial charge in [0.05, 0.1) is 6.10 Å². The molecule has 0 aromatic carbocycles. The first-order chi connectivity index (χ1) is 5.70. The summed E-state index contributed by atoms with van der Waals surface area (Å²) in [6, 6.07) is 0. The number of aliphatic hydroxyl groups excluding tert-OH is 1. The van der Waals surface area contributed by atoms with E-state index in [1.165, 1.54) is 0 Å². The highest BCUT2D eigenvalue weighted by molar-refractivity contribution is 4.58. The number of methoxy groups -OCH3 is 1. The molecule has 0 saturated heterocycles. The van der Waals surface area contributed by atoms with Gasteiger partial charge in [-0.05, 0) is 31.6 Å². The molecule has 0 aliphatic rings. The molecule has 0 radical (unpaired) electrons. The second-order valence-electron chi connectivity index (χ2n) is 3.53. The predicted molar refractivity (Wildman–Crippen MR) is 51.2 cm³/mol. The van der Waals surface area contributed by atoms with E-state index in [0.717, 1.165) is 32.3 Å². The van der Waals surface area contributed by atoms with Crippen molar-refractivity contribution < 1.29 is 9.84 Å². The summed E-state index contributed by atoms with van der Waals surface area (Å²) in [6.07, 6.45) is 3.92. The maximum atomic E-state index is 9.30. The van der Waals surface area contributed by atoms with Gasteiger partial charge in [0.2, 0.25) is 0 Å². The van der Waals surface area contributed by atoms with Gasteiger partial charge < -0.3 is 9.84 Å². The second kappa shape index (κ2) is 7.56. The van der Waals surface area contributed by atoms with Gasteiger partial charge in [-0.1, -0.05) is 13.8 Å². The Hall–Kier alpha value is -0.0800. The molecular weight excluding hydrogens is 152 g/mol. The molecule has 2 unspecified atom stereocenters. The topological polar surface area (TPSA) is 29.5 Å². The lowest BCUT2D eigenvalue weighted by Crippen LogP contribution is -2.08. The van der Waals surface area contributed by atoms with Gasteiger partial charge in [-0.25, -0.2) is 0 Å². The van der Waals surface area contributed by atoms with Crippen molar-refractivity contribution in [3.05, 3.63) is 0 Å². The molecular formula is C10H22O2. The molecule has 0 saturated carbocycles. The van der Waals surface area contributed by atoms with Crippen molar-refractivity contribution in [1.29, 1.82) is 0 Å². The Balaban J connectivity index is 3.24. The third kappa shape index (κ3) is 6.62.